The molecule has 0 aliphatic heterocycles. The Morgan fingerprint density at radius 1 is 1.11 bits per heavy atom. The fourth-order valence-corrected chi connectivity index (χ4v) is 7.09. The number of rotatable bonds is 12. The van der Waals surface area contributed by atoms with Gasteiger partial charge in [-0.05, 0) is 81.4 Å². The van der Waals surface area contributed by atoms with Crippen LogP contribution < -0.4 is 10.1 Å². The standard InChI is InChI=1S/C30H37FN4O2S/c1-20(12-13-22-8-4-3-5-9-22)32-29(36)19-38-30-34-33-28(18-37-27-11-7-6-10-26(27)31)35(30)21(2)25-17-23-14-15-24(25)16-23/h3-11,20-21,23-25H,12-19H2,1-2H3,(H,32,36)/t20-,21+,23-,24-,25+/m1/s1. The lowest BCUT2D eigenvalue weighted by Gasteiger charge is -2.30. The first-order valence-corrected chi connectivity index (χ1v) is 14.7. The van der Waals surface area contributed by atoms with Gasteiger partial charge in [0.25, 0.3) is 0 Å². The second kappa shape index (κ2) is 12.3. The fraction of sp³-hybridized carbons (Fsp3) is 0.500. The molecule has 0 saturated heterocycles. The van der Waals surface area contributed by atoms with Gasteiger partial charge in [-0.15, -0.1) is 10.2 Å². The highest BCUT2D eigenvalue weighted by molar-refractivity contribution is 7.99. The zero-order chi connectivity index (χ0) is 26.5. The van der Waals surface area contributed by atoms with Crippen molar-refractivity contribution in [1.29, 1.82) is 0 Å². The second-order valence-electron chi connectivity index (χ2n) is 10.8. The molecule has 2 aliphatic rings. The molecule has 5 rings (SSSR count). The average Bonchev–Trinajstić information content (AvgIpc) is 3.67. The van der Waals surface area contributed by atoms with Gasteiger partial charge in [0.1, 0.15) is 6.61 Å². The van der Waals surface area contributed by atoms with Crippen molar-refractivity contribution in [3.05, 3.63) is 71.8 Å². The largest absolute Gasteiger partial charge is 0.483 e. The van der Waals surface area contributed by atoms with Gasteiger partial charge in [0.15, 0.2) is 22.5 Å². The first-order valence-electron chi connectivity index (χ1n) is 13.7. The second-order valence-corrected chi connectivity index (χ2v) is 11.8. The van der Waals surface area contributed by atoms with E-state index < -0.39 is 5.82 Å². The van der Waals surface area contributed by atoms with Crippen LogP contribution in [0.3, 0.4) is 0 Å². The Morgan fingerprint density at radius 3 is 2.63 bits per heavy atom. The summed E-state index contributed by atoms with van der Waals surface area (Å²) in [5.74, 6) is 2.84. The Morgan fingerprint density at radius 2 is 1.89 bits per heavy atom. The summed E-state index contributed by atoms with van der Waals surface area (Å²) in [5.41, 5.74) is 1.27. The Bertz CT molecular complexity index is 1220. The predicted molar refractivity (Wildman–Crippen MR) is 147 cm³/mol. The van der Waals surface area contributed by atoms with E-state index in [2.05, 4.69) is 39.1 Å². The van der Waals surface area contributed by atoms with Gasteiger partial charge in [-0.25, -0.2) is 4.39 Å². The van der Waals surface area contributed by atoms with Crippen LogP contribution in [-0.2, 0) is 17.8 Å². The van der Waals surface area contributed by atoms with Crippen LogP contribution in [0.15, 0.2) is 59.8 Å². The molecule has 3 aromatic rings. The van der Waals surface area contributed by atoms with Crippen LogP contribution in [0.4, 0.5) is 4.39 Å². The lowest BCUT2D eigenvalue weighted by atomic mass is 9.84. The maximum Gasteiger partial charge on any atom is 0.230 e. The number of benzene rings is 2. The number of amides is 1. The van der Waals surface area contributed by atoms with Gasteiger partial charge in [-0.2, -0.15) is 0 Å². The Balaban J connectivity index is 1.23. The number of hydrogen-bond acceptors (Lipinski definition) is 5. The Kier molecular flexibility index (Phi) is 8.67. The van der Waals surface area contributed by atoms with Gasteiger partial charge >= 0.3 is 0 Å². The number of fused-ring (bicyclic) bond motifs is 2. The van der Waals surface area contributed by atoms with Crippen LogP contribution in [0.5, 0.6) is 5.75 Å². The van der Waals surface area contributed by atoms with E-state index in [1.54, 1.807) is 18.2 Å². The molecule has 2 aliphatic carbocycles. The topological polar surface area (TPSA) is 69.0 Å². The SMILES string of the molecule is C[C@H](CCc1ccccc1)NC(=O)CSc1nnc(COc2ccccc2F)n1[C@@H](C)[C@@H]1C[C@@H]2CC[C@@H]1C2. The molecule has 5 atom stereocenters. The first-order chi connectivity index (χ1) is 18.5. The molecule has 1 amide bonds. The molecule has 2 saturated carbocycles. The number of nitrogens with zero attached hydrogens (tertiary/aromatic N) is 3. The van der Waals surface area contributed by atoms with Crippen molar-refractivity contribution in [3.8, 4) is 5.75 Å². The van der Waals surface area contributed by atoms with Crippen molar-refractivity contribution in [2.45, 2.75) is 76.2 Å². The van der Waals surface area contributed by atoms with Gasteiger partial charge in [0.05, 0.1) is 5.75 Å². The molecule has 1 aromatic heterocycles. The van der Waals surface area contributed by atoms with Gasteiger partial charge in [-0.1, -0.05) is 60.6 Å². The number of aromatic nitrogens is 3. The lowest BCUT2D eigenvalue weighted by Crippen LogP contribution is -2.34. The minimum atomic E-state index is -0.396. The molecule has 2 aromatic carbocycles. The molecule has 8 heteroatoms. The van der Waals surface area contributed by atoms with Crippen LogP contribution in [0.25, 0.3) is 0 Å². The van der Waals surface area contributed by atoms with Crippen molar-refractivity contribution in [1.82, 2.24) is 20.1 Å². The third-order valence-electron chi connectivity index (χ3n) is 8.20. The molecule has 1 heterocycles. The van der Waals surface area contributed by atoms with E-state index in [1.807, 2.05) is 25.1 Å². The lowest BCUT2D eigenvalue weighted by molar-refractivity contribution is -0.119. The molecule has 2 fully saturated rings. The maximum absolute atomic E-state index is 14.2. The molecule has 6 nitrogen and oxygen atoms in total. The first kappa shape index (κ1) is 26.7. The van der Waals surface area contributed by atoms with Crippen LogP contribution >= 0.6 is 11.8 Å². The summed E-state index contributed by atoms with van der Waals surface area (Å²) in [6.07, 6.45) is 6.97. The summed E-state index contributed by atoms with van der Waals surface area (Å²) in [6, 6.07) is 17.0. The van der Waals surface area contributed by atoms with Crippen LogP contribution in [0.1, 0.15) is 63.4 Å². The van der Waals surface area contributed by atoms with E-state index in [0.717, 1.165) is 29.8 Å². The van der Waals surface area contributed by atoms with Gasteiger partial charge in [-0.3, -0.25) is 9.36 Å². The minimum absolute atomic E-state index is 0.0122. The van der Waals surface area contributed by atoms with Crippen LogP contribution in [0, 0.1) is 23.6 Å². The number of para-hydroxylation sites is 1. The molecule has 0 unspecified atom stereocenters. The highest BCUT2D eigenvalue weighted by Crippen LogP contribution is 2.52. The van der Waals surface area contributed by atoms with E-state index in [4.69, 9.17) is 4.74 Å². The predicted octanol–water partition coefficient (Wildman–Crippen LogP) is 6.22. The molecule has 0 radical (unpaired) electrons. The zero-order valence-electron chi connectivity index (χ0n) is 22.2. The van der Waals surface area contributed by atoms with Gasteiger partial charge in [0, 0.05) is 12.1 Å². The summed E-state index contributed by atoms with van der Waals surface area (Å²) in [4.78, 5) is 12.8. The third-order valence-corrected chi connectivity index (χ3v) is 9.14. The number of carbonyl (C=O) groups excluding carboxylic acids is 1. The normalized spacial score (nSPS) is 21.8. The number of ether oxygens (including phenoxy) is 1. The Hall–Kier alpha value is -2.87. The summed E-state index contributed by atoms with van der Waals surface area (Å²) < 4.78 is 22.1. The summed E-state index contributed by atoms with van der Waals surface area (Å²) >= 11 is 1.41. The minimum Gasteiger partial charge on any atom is -0.483 e. The molecule has 0 spiro atoms. The number of aryl methyl sites for hydroxylation is 1. The molecular weight excluding hydrogens is 499 g/mol. The van der Waals surface area contributed by atoms with E-state index in [0.29, 0.717) is 11.7 Å². The highest BCUT2D eigenvalue weighted by atomic mass is 32.2. The quantitative estimate of drug-likeness (QED) is 0.278. The Labute approximate surface area is 228 Å². The monoisotopic (exact) mass is 536 g/mol. The molecule has 1 N–H and O–H groups in total. The van der Waals surface area contributed by atoms with Crippen molar-refractivity contribution in [2.75, 3.05) is 5.75 Å². The third kappa shape index (κ3) is 6.40. The fourth-order valence-electron chi connectivity index (χ4n) is 6.24. The molecule has 2 bridgehead atoms. The van der Waals surface area contributed by atoms with Crippen molar-refractivity contribution in [2.24, 2.45) is 17.8 Å². The number of nitrogens with one attached hydrogen (secondary N) is 1. The van der Waals surface area contributed by atoms with E-state index in [-0.39, 0.29) is 36.1 Å². The molecular formula is C30H37FN4O2S. The summed E-state index contributed by atoms with van der Waals surface area (Å²) in [6.45, 7) is 4.41. The number of halogens is 1. The van der Waals surface area contributed by atoms with Gasteiger partial charge in [0.2, 0.25) is 5.91 Å². The summed E-state index contributed by atoms with van der Waals surface area (Å²) in [5, 5.41) is 12.7. The number of hydrogen-bond donors (Lipinski definition) is 1. The van der Waals surface area contributed by atoms with Crippen molar-refractivity contribution in [3.63, 3.8) is 0 Å². The number of thioether (sulfide) groups is 1. The zero-order valence-corrected chi connectivity index (χ0v) is 23.0. The molecule has 202 valence electrons. The van der Waals surface area contributed by atoms with Gasteiger partial charge < -0.3 is 10.1 Å². The van der Waals surface area contributed by atoms with E-state index in [9.17, 15) is 9.18 Å². The number of carbonyl (C=O) groups is 1. The van der Waals surface area contributed by atoms with E-state index in [1.165, 1.54) is 49.1 Å². The van der Waals surface area contributed by atoms with Crippen LogP contribution in [0.2, 0.25) is 0 Å². The van der Waals surface area contributed by atoms with Crippen LogP contribution in [-0.4, -0.2) is 32.5 Å². The smallest absolute Gasteiger partial charge is 0.230 e. The van der Waals surface area contributed by atoms with Crippen molar-refractivity contribution < 1.29 is 13.9 Å². The molecule has 38 heavy (non-hydrogen) atoms. The maximum atomic E-state index is 14.2. The highest BCUT2D eigenvalue weighted by Gasteiger charge is 2.43. The van der Waals surface area contributed by atoms with Crippen molar-refractivity contribution >= 4 is 17.7 Å². The summed E-state index contributed by atoms with van der Waals surface area (Å²) in [7, 11) is 0. The van der Waals surface area contributed by atoms with E-state index >= 15 is 0 Å². The average molecular weight is 537 g/mol.